The van der Waals surface area contributed by atoms with E-state index in [9.17, 15) is 18.6 Å². The van der Waals surface area contributed by atoms with Gasteiger partial charge in [0.1, 0.15) is 11.8 Å². The number of nitrogen functional groups attached to an aromatic ring is 1. The molecule has 18 N–H and O–H groups in total. The van der Waals surface area contributed by atoms with Crippen LogP contribution in [0.3, 0.4) is 0 Å². The van der Waals surface area contributed by atoms with Crippen LogP contribution >= 0.6 is 23.5 Å². The van der Waals surface area contributed by atoms with Gasteiger partial charge in [-0.25, -0.2) is 28.6 Å². The summed E-state index contributed by atoms with van der Waals surface area (Å²) in [7, 11) is -16.0. The standard InChI is InChI=1S/C9H16N5O10P3.4H3N/c10-8-7-9(12-5-11-8)14(6-13-7)3-1-2-4-22-26(18,19)24-27(20,21)23-25(15,16)17;;;;/h5-6H,1-4H2,(H,18,19)(H,20,21)(H2,10,11,12)(H2,15,16,17);4*1H3. The largest absolute Gasteiger partial charge is 0.490 e. The molecule has 0 amide bonds. The third-order valence-electron chi connectivity index (χ3n) is 2.89. The second-order valence-electron chi connectivity index (χ2n) is 5.00. The van der Waals surface area contributed by atoms with Crippen LogP contribution in [0.15, 0.2) is 12.7 Å². The Balaban J connectivity index is -0.00000196. The lowest BCUT2D eigenvalue weighted by Crippen LogP contribution is -2.02. The molecule has 2 aromatic rings. The van der Waals surface area contributed by atoms with Crippen molar-refractivity contribution in [3.05, 3.63) is 12.7 Å². The normalized spacial score (nSPS) is 14.7. The zero-order valence-electron chi connectivity index (χ0n) is 16.3. The monoisotopic (exact) mass is 515 g/mol. The molecule has 2 unspecified atom stereocenters. The molecule has 184 valence electrons. The Morgan fingerprint density at radius 2 is 1.52 bits per heavy atom. The third-order valence-corrected chi connectivity index (χ3v) is 6.73. The Labute approximate surface area is 176 Å². The molecule has 0 saturated heterocycles. The van der Waals surface area contributed by atoms with Crippen LogP contribution in [-0.4, -0.2) is 45.7 Å². The summed E-state index contributed by atoms with van der Waals surface area (Å²) in [4.78, 5) is 47.1. The van der Waals surface area contributed by atoms with Crippen LogP contribution in [0.25, 0.3) is 11.2 Å². The first-order valence-corrected chi connectivity index (χ1v) is 11.6. The Morgan fingerprint density at radius 1 is 0.903 bits per heavy atom. The molecule has 19 nitrogen and oxygen atoms in total. The van der Waals surface area contributed by atoms with Gasteiger partial charge in [0.25, 0.3) is 0 Å². The van der Waals surface area contributed by atoms with Crippen molar-refractivity contribution in [2.45, 2.75) is 19.4 Å². The molecule has 2 atom stereocenters. The molecule has 0 fully saturated rings. The zero-order chi connectivity index (χ0) is 20.3. The number of unbranched alkanes of at least 4 members (excludes halogenated alkanes) is 1. The topological polar surface area (TPSA) is 369 Å². The lowest BCUT2D eigenvalue weighted by molar-refractivity contribution is 0.169. The van der Waals surface area contributed by atoms with E-state index in [0.717, 1.165) is 0 Å². The van der Waals surface area contributed by atoms with Crippen LogP contribution in [0.2, 0.25) is 0 Å². The van der Waals surface area contributed by atoms with Crippen molar-refractivity contribution in [1.29, 1.82) is 0 Å². The SMILES string of the molecule is N.N.N.N.Nc1ncnc2c1ncn2CCCCOP(=O)(O)OP(=O)(O)OP(=O)(O)O. The summed E-state index contributed by atoms with van der Waals surface area (Å²) in [5, 5.41) is 0. The second kappa shape index (κ2) is 13.2. The van der Waals surface area contributed by atoms with Crippen molar-refractivity contribution in [3.63, 3.8) is 0 Å². The van der Waals surface area contributed by atoms with E-state index in [-0.39, 0.29) is 43.4 Å². The number of phosphoric ester groups is 1. The van der Waals surface area contributed by atoms with Gasteiger partial charge >= 0.3 is 23.5 Å². The molecule has 0 radical (unpaired) electrons. The van der Waals surface area contributed by atoms with E-state index in [1.54, 1.807) is 4.57 Å². The minimum atomic E-state index is -5.50. The van der Waals surface area contributed by atoms with Gasteiger partial charge in [0.05, 0.1) is 12.9 Å². The van der Waals surface area contributed by atoms with Gasteiger partial charge in [0, 0.05) is 6.54 Å². The summed E-state index contributed by atoms with van der Waals surface area (Å²) in [5.74, 6) is 0.228. The first-order chi connectivity index (χ1) is 12.4. The maximum absolute atomic E-state index is 11.5. The van der Waals surface area contributed by atoms with Crippen LogP contribution in [-0.2, 0) is 33.4 Å². The number of hydrogen-bond acceptors (Lipinski definition) is 14. The van der Waals surface area contributed by atoms with Crippen molar-refractivity contribution in [2.24, 2.45) is 0 Å². The van der Waals surface area contributed by atoms with Crippen molar-refractivity contribution < 1.29 is 46.4 Å². The quantitative estimate of drug-likeness (QED) is 0.158. The molecule has 2 heterocycles. The molecule has 0 saturated carbocycles. The van der Waals surface area contributed by atoms with E-state index in [0.29, 0.717) is 24.1 Å². The first kappa shape index (κ1) is 34.2. The number of imidazole rings is 1. The lowest BCUT2D eigenvalue weighted by Gasteiger charge is -2.16. The van der Waals surface area contributed by atoms with Gasteiger partial charge in [-0.3, -0.25) is 4.52 Å². The highest BCUT2D eigenvalue weighted by atomic mass is 31.3. The first-order valence-electron chi connectivity index (χ1n) is 7.08. The molecule has 0 bridgehead atoms. The molecule has 0 aromatic carbocycles. The molecule has 0 aliphatic rings. The summed E-state index contributed by atoms with van der Waals surface area (Å²) in [6.07, 6.45) is 3.44. The van der Waals surface area contributed by atoms with Crippen LogP contribution in [0.1, 0.15) is 12.8 Å². The van der Waals surface area contributed by atoms with E-state index in [2.05, 4.69) is 28.1 Å². The van der Waals surface area contributed by atoms with E-state index in [4.69, 9.17) is 20.4 Å². The summed E-state index contributed by atoms with van der Waals surface area (Å²) in [5.41, 5.74) is 6.61. The summed E-state index contributed by atoms with van der Waals surface area (Å²) >= 11 is 0. The summed E-state index contributed by atoms with van der Waals surface area (Å²) in [6.45, 7) is 0.0557. The van der Waals surface area contributed by atoms with E-state index >= 15 is 0 Å². The highest BCUT2D eigenvalue weighted by Gasteiger charge is 2.40. The van der Waals surface area contributed by atoms with Gasteiger partial charge < -0.3 is 54.5 Å². The van der Waals surface area contributed by atoms with Gasteiger partial charge in [0.2, 0.25) is 0 Å². The number of nitrogens with two attached hydrogens (primary N) is 1. The summed E-state index contributed by atoms with van der Waals surface area (Å²) < 4.78 is 46.5. The molecule has 0 aliphatic heterocycles. The number of nitrogens with zero attached hydrogens (tertiary/aromatic N) is 4. The predicted octanol–water partition coefficient (Wildman–Crippen LogP) is 1.18. The maximum Gasteiger partial charge on any atom is 0.490 e. The minimum Gasteiger partial charge on any atom is -0.382 e. The van der Waals surface area contributed by atoms with Crippen LogP contribution in [0.5, 0.6) is 0 Å². The average molecular weight is 515 g/mol. The molecular weight excluding hydrogens is 487 g/mol. The highest BCUT2D eigenvalue weighted by molar-refractivity contribution is 7.66. The van der Waals surface area contributed by atoms with E-state index in [1.807, 2.05) is 0 Å². The Hall–Kier alpha value is -1.40. The van der Waals surface area contributed by atoms with Crippen LogP contribution < -0.4 is 30.3 Å². The zero-order valence-corrected chi connectivity index (χ0v) is 18.9. The number of hydrogen-bond donors (Lipinski definition) is 9. The number of anilines is 1. The fourth-order valence-electron chi connectivity index (χ4n) is 1.93. The smallest absolute Gasteiger partial charge is 0.382 e. The predicted molar refractivity (Wildman–Crippen MR) is 109 cm³/mol. The number of aryl methyl sites for hydroxylation is 1. The van der Waals surface area contributed by atoms with Crippen LogP contribution in [0, 0.1) is 0 Å². The fourth-order valence-corrected chi connectivity index (χ4v) is 4.98. The maximum atomic E-state index is 11.5. The van der Waals surface area contributed by atoms with E-state index < -0.39 is 23.5 Å². The fraction of sp³-hybridized carbons (Fsp3) is 0.444. The lowest BCUT2D eigenvalue weighted by atomic mass is 10.3. The number of fused-ring (bicyclic) bond motifs is 1. The van der Waals surface area contributed by atoms with E-state index in [1.165, 1.54) is 12.7 Å². The van der Waals surface area contributed by atoms with Crippen LogP contribution in [0.4, 0.5) is 5.82 Å². The Kier molecular flexibility index (Phi) is 14.6. The van der Waals surface area contributed by atoms with Gasteiger partial charge in [-0.15, -0.1) is 0 Å². The summed E-state index contributed by atoms with van der Waals surface area (Å²) in [6, 6.07) is 0. The van der Waals surface area contributed by atoms with Gasteiger partial charge in [-0.05, 0) is 12.8 Å². The molecule has 2 aromatic heterocycles. The van der Waals surface area contributed by atoms with Crippen molar-refractivity contribution in [1.82, 2.24) is 44.1 Å². The molecule has 2 rings (SSSR count). The van der Waals surface area contributed by atoms with Crippen molar-refractivity contribution >= 4 is 40.4 Å². The third kappa shape index (κ3) is 11.2. The van der Waals surface area contributed by atoms with Crippen molar-refractivity contribution in [2.75, 3.05) is 12.3 Å². The number of phosphoric acid groups is 3. The van der Waals surface area contributed by atoms with Crippen molar-refractivity contribution in [3.8, 4) is 0 Å². The number of aromatic nitrogens is 4. The minimum absolute atomic E-state index is 0. The number of rotatable bonds is 10. The van der Waals surface area contributed by atoms with Gasteiger partial charge in [-0.1, -0.05) is 0 Å². The second-order valence-corrected chi connectivity index (χ2v) is 9.42. The average Bonchev–Trinajstić information content (AvgIpc) is 2.87. The molecule has 31 heavy (non-hydrogen) atoms. The highest BCUT2D eigenvalue weighted by Crippen LogP contribution is 2.66. The molecular formula is C9H28N9O10P3. The van der Waals surface area contributed by atoms with Gasteiger partial charge in [0.15, 0.2) is 11.5 Å². The van der Waals surface area contributed by atoms with Gasteiger partial charge in [-0.2, -0.15) is 8.62 Å². The Bertz CT molecular complexity index is 952. The molecule has 22 heteroatoms. The molecule has 0 aliphatic carbocycles. The Morgan fingerprint density at radius 3 is 2.10 bits per heavy atom. The molecule has 0 spiro atoms.